The summed E-state index contributed by atoms with van der Waals surface area (Å²) < 4.78 is 0. The minimum Gasteiger partial charge on any atom is -0.393 e. The lowest BCUT2D eigenvalue weighted by Gasteiger charge is -2.27. The van der Waals surface area contributed by atoms with Crippen LogP contribution in [0.2, 0.25) is 5.02 Å². The molecule has 1 rings (SSSR count). The third-order valence-corrected chi connectivity index (χ3v) is 3.51. The van der Waals surface area contributed by atoms with Gasteiger partial charge in [-0.15, -0.1) is 0 Å². The Kier molecular flexibility index (Phi) is 5.76. The van der Waals surface area contributed by atoms with Gasteiger partial charge in [0.25, 0.3) is 5.91 Å². The molecule has 0 aliphatic rings. The van der Waals surface area contributed by atoms with Gasteiger partial charge in [0.2, 0.25) is 0 Å². The molecular formula is C14H19ClN2OS. The van der Waals surface area contributed by atoms with Crippen molar-refractivity contribution in [2.75, 3.05) is 6.54 Å². The molecule has 104 valence electrons. The Hall–Kier alpha value is -1.13. The molecule has 0 heterocycles. The van der Waals surface area contributed by atoms with Crippen molar-refractivity contribution in [1.29, 1.82) is 0 Å². The highest BCUT2D eigenvalue weighted by Crippen LogP contribution is 2.18. The molecule has 1 aromatic rings. The van der Waals surface area contributed by atoms with Crippen LogP contribution in [0.4, 0.5) is 0 Å². The molecule has 0 unspecified atom stereocenters. The molecule has 2 N–H and O–H groups in total. The third-order valence-electron chi connectivity index (χ3n) is 2.90. The second-order valence-corrected chi connectivity index (χ2v) is 5.70. The molecule has 0 saturated heterocycles. The second kappa shape index (κ2) is 6.87. The Bertz CT molecular complexity index is 488. The van der Waals surface area contributed by atoms with E-state index in [1.165, 1.54) is 0 Å². The first-order valence-electron chi connectivity index (χ1n) is 6.18. The summed E-state index contributed by atoms with van der Waals surface area (Å²) in [4.78, 5) is 14.6. The van der Waals surface area contributed by atoms with E-state index in [2.05, 4.69) is 0 Å². The Balaban J connectivity index is 2.92. The van der Waals surface area contributed by atoms with E-state index in [9.17, 15) is 4.79 Å². The van der Waals surface area contributed by atoms with Gasteiger partial charge in [-0.2, -0.15) is 0 Å². The number of hydrogen-bond acceptors (Lipinski definition) is 2. The van der Waals surface area contributed by atoms with Crippen LogP contribution in [0.1, 0.15) is 36.2 Å². The van der Waals surface area contributed by atoms with Gasteiger partial charge in [0.15, 0.2) is 0 Å². The van der Waals surface area contributed by atoms with Crippen LogP contribution in [0.5, 0.6) is 0 Å². The summed E-state index contributed by atoms with van der Waals surface area (Å²) in [5.41, 5.74) is 7.04. The van der Waals surface area contributed by atoms with Crippen molar-refractivity contribution in [3.8, 4) is 0 Å². The smallest absolute Gasteiger partial charge is 0.254 e. The van der Waals surface area contributed by atoms with Crippen molar-refractivity contribution in [1.82, 2.24) is 4.90 Å². The number of halogens is 1. The highest BCUT2D eigenvalue weighted by atomic mass is 35.5. The van der Waals surface area contributed by atoms with Crippen LogP contribution in [0.3, 0.4) is 0 Å². The number of nitrogens with two attached hydrogens (primary N) is 1. The van der Waals surface area contributed by atoms with Gasteiger partial charge in [-0.1, -0.05) is 29.9 Å². The fourth-order valence-electron chi connectivity index (χ4n) is 1.72. The molecule has 0 radical (unpaired) electrons. The molecule has 0 aromatic heterocycles. The number of nitrogens with zero attached hydrogens (tertiary/aromatic N) is 1. The standard InChI is InChI=1S/C14H19ClN2OS/c1-9(2)17(7-6-13(16)19)14(18)11-5-4-10(3)12(15)8-11/h4-5,8-9H,6-7H2,1-3H3,(H2,16,19). The molecule has 0 atom stereocenters. The monoisotopic (exact) mass is 298 g/mol. The molecule has 0 aliphatic heterocycles. The summed E-state index contributed by atoms with van der Waals surface area (Å²) >= 11 is 10.9. The topological polar surface area (TPSA) is 46.3 Å². The van der Waals surface area contributed by atoms with E-state index in [0.717, 1.165) is 5.56 Å². The zero-order chi connectivity index (χ0) is 14.6. The summed E-state index contributed by atoms with van der Waals surface area (Å²) in [6, 6.07) is 5.43. The summed E-state index contributed by atoms with van der Waals surface area (Å²) in [5.74, 6) is -0.0480. The molecule has 5 heteroatoms. The molecule has 0 fully saturated rings. The summed E-state index contributed by atoms with van der Waals surface area (Å²) in [6.45, 7) is 6.36. The second-order valence-electron chi connectivity index (χ2n) is 4.77. The van der Waals surface area contributed by atoms with Crippen molar-refractivity contribution in [3.05, 3.63) is 34.3 Å². The van der Waals surface area contributed by atoms with Gasteiger partial charge in [0, 0.05) is 29.6 Å². The maximum absolute atomic E-state index is 12.4. The number of rotatable bonds is 5. The van der Waals surface area contributed by atoms with E-state index in [0.29, 0.717) is 28.5 Å². The van der Waals surface area contributed by atoms with Gasteiger partial charge >= 0.3 is 0 Å². The van der Waals surface area contributed by atoms with Gasteiger partial charge in [-0.3, -0.25) is 4.79 Å². The van der Waals surface area contributed by atoms with Gasteiger partial charge in [-0.05, 0) is 38.5 Å². The van der Waals surface area contributed by atoms with Crippen molar-refractivity contribution in [2.45, 2.75) is 33.2 Å². The van der Waals surface area contributed by atoms with Crippen molar-refractivity contribution >= 4 is 34.7 Å². The van der Waals surface area contributed by atoms with Crippen LogP contribution in [0.25, 0.3) is 0 Å². The van der Waals surface area contributed by atoms with Crippen molar-refractivity contribution < 1.29 is 4.79 Å². The summed E-state index contributed by atoms with van der Waals surface area (Å²) in [6.07, 6.45) is 0.527. The van der Waals surface area contributed by atoms with Crippen LogP contribution < -0.4 is 5.73 Å². The third kappa shape index (κ3) is 4.48. The van der Waals surface area contributed by atoms with E-state index in [1.54, 1.807) is 17.0 Å². The zero-order valence-corrected chi connectivity index (χ0v) is 13.0. The first kappa shape index (κ1) is 15.9. The predicted octanol–water partition coefficient (Wildman–Crippen LogP) is 3.18. The molecular weight excluding hydrogens is 280 g/mol. The minimum atomic E-state index is -0.0480. The zero-order valence-electron chi connectivity index (χ0n) is 11.4. The van der Waals surface area contributed by atoms with Crippen LogP contribution in [-0.4, -0.2) is 28.4 Å². The maximum atomic E-state index is 12.4. The molecule has 0 aliphatic carbocycles. The first-order valence-corrected chi connectivity index (χ1v) is 6.97. The quantitative estimate of drug-likeness (QED) is 0.849. The Morgan fingerprint density at radius 2 is 2.11 bits per heavy atom. The van der Waals surface area contributed by atoms with Crippen molar-refractivity contribution in [3.63, 3.8) is 0 Å². The fourth-order valence-corrected chi connectivity index (χ4v) is 1.99. The van der Waals surface area contributed by atoms with E-state index >= 15 is 0 Å². The average Bonchev–Trinajstić information content (AvgIpc) is 2.31. The number of hydrogen-bond donors (Lipinski definition) is 1. The lowest BCUT2D eigenvalue weighted by atomic mass is 10.1. The van der Waals surface area contributed by atoms with Crippen LogP contribution in [-0.2, 0) is 0 Å². The van der Waals surface area contributed by atoms with Gasteiger partial charge < -0.3 is 10.6 Å². The largest absolute Gasteiger partial charge is 0.393 e. The van der Waals surface area contributed by atoms with Gasteiger partial charge in [0.05, 0.1) is 4.99 Å². The summed E-state index contributed by atoms with van der Waals surface area (Å²) in [7, 11) is 0. The lowest BCUT2D eigenvalue weighted by molar-refractivity contribution is 0.0711. The van der Waals surface area contributed by atoms with E-state index in [-0.39, 0.29) is 11.9 Å². The molecule has 19 heavy (non-hydrogen) atoms. The maximum Gasteiger partial charge on any atom is 0.254 e. The average molecular weight is 299 g/mol. The van der Waals surface area contributed by atoms with Crippen LogP contribution in [0, 0.1) is 6.92 Å². The van der Waals surface area contributed by atoms with Gasteiger partial charge in [-0.25, -0.2) is 0 Å². The molecule has 0 spiro atoms. The minimum absolute atomic E-state index is 0.0480. The number of thiocarbonyl (C=S) groups is 1. The Labute approximate surface area is 124 Å². The molecule has 1 amide bonds. The first-order chi connectivity index (χ1) is 8.82. The number of carbonyl (C=O) groups is 1. The predicted molar refractivity (Wildman–Crippen MR) is 83.8 cm³/mol. The Morgan fingerprint density at radius 1 is 1.47 bits per heavy atom. The normalized spacial score (nSPS) is 10.6. The SMILES string of the molecule is Cc1ccc(C(=O)N(CCC(N)=S)C(C)C)cc1Cl. The van der Waals surface area contributed by atoms with Crippen LogP contribution in [0.15, 0.2) is 18.2 Å². The highest BCUT2D eigenvalue weighted by molar-refractivity contribution is 7.80. The molecule has 3 nitrogen and oxygen atoms in total. The van der Waals surface area contributed by atoms with E-state index in [4.69, 9.17) is 29.6 Å². The van der Waals surface area contributed by atoms with Crippen LogP contribution >= 0.6 is 23.8 Å². The molecule has 0 bridgehead atoms. The summed E-state index contributed by atoms with van der Waals surface area (Å²) in [5, 5.41) is 0.601. The molecule has 1 aromatic carbocycles. The number of carbonyl (C=O) groups excluding carboxylic acids is 1. The van der Waals surface area contributed by atoms with E-state index < -0.39 is 0 Å². The molecule has 0 saturated carbocycles. The number of amides is 1. The van der Waals surface area contributed by atoms with Gasteiger partial charge in [0.1, 0.15) is 0 Å². The lowest BCUT2D eigenvalue weighted by Crippen LogP contribution is -2.39. The Morgan fingerprint density at radius 3 is 2.58 bits per heavy atom. The highest BCUT2D eigenvalue weighted by Gasteiger charge is 2.19. The fraction of sp³-hybridized carbons (Fsp3) is 0.429. The van der Waals surface area contributed by atoms with E-state index in [1.807, 2.05) is 26.8 Å². The number of aryl methyl sites for hydroxylation is 1. The number of benzene rings is 1. The van der Waals surface area contributed by atoms with Crippen molar-refractivity contribution in [2.24, 2.45) is 5.73 Å².